The van der Waals surface area contributed by atoms with E-state index in [4.69, 9.17) is 8.94 Å². The van der Waals surface area contributed by atoms with E-state index in [1.165, 1.54) is 0 Å². The van der Waals surface area contributed by atoms with Gasteiger partial charge in [-0.1, -0.05) is 50.2 Å². The summed E-state index contributed by atoms with van der Waals surface area (Å²) in [5, 5.41) is 6.65. The third-order valence-corrected chi connectivity index (χ3v) is 4.44. The van der Waals surface area contributed by atoms with Crippen LogP contribution in [-0.2, 0) is 16.6 Å². The number of anilines is 1. The number of aromatic nitrogens is 3. The number of nitrogens with one attached hydrogen (secondary N) is 2. The molecule has 8 nitrogen and oxygen atoms in total. The summed E-state index contributed by atoms with van der Waals surface area (Å²) in [6.07, 6.45) is 1.87. The van der Waals surface area contributed by atoms with Gasteiger partial charge in [0, 0.05) is 23.2 Å². The zero-order chi connectivity index (χ0) is 20.6. The minimum absolute atomic E-state index is 0.174. The number of pyridine rings is 1. The molecule has 4 rings (SSSR count). The van der Waals surface area contributed by atoms with Crippen LogP contribution >= 0.6 is 0 Å². The summed E-state index contributed by atoms with van der Waals surface area (Å²) in [6.45, 7) is 6.03. The van der Waals surface area contributed by atoms with Gasteiger partial charge in [-0.2, -0.15) is 0 Å². The Kier molecular flexibility index (Phi) is 4.54. The van der Waals surface area contributed by atoms with Gasteiger partial charge < -0.3 is 14.3 Å². The smallest absolute Gasteiger partial charge is 0.406 e. The first kappa shape index (κ1) is 18.7. The van der Waals surface area contributed by atoms with Crippen molar-refractivity contribution in [2.45, 2.75) is 32.6 Å². The Morgan fingerprint density at radius 1 is 1.14 bits per heavy atom. The molecule has 0 aliphatic carbocycles. The Morgan fingerprint density at radius 2 is 1.90 bits per heavy atom. The Labute approximate surface area is 165 Å². The second-order valence-electron chi connectivity index (χ2n) is 7.83. The molecule has 0 radical (unpaired) electrons. The quantitative estimate of drug-likeness (QED) is 0.548. The molecule has 8 heteroatoms. The Hall–Kier alpha value is -3.68. The third-order valence-electron chi connectivity index (χ3n) is 4.44. The third kappa shape index (κ3) is 4.11. The zero-order valence-corrected chi connectivity index (χ0v) is 16.3. The van der Waals surface area contributed by atoms with E-state index in [2.05, 4.69) is 20.4 Å². The van der Waals surface area contributed by atoms with Gasteiger partial charge in [-0.05, 0) is 17.2 Å². The van der Waals surface area contributed by atoms with Crippen molar-refractivity contribution in [3.05, 3.63) is 64.5 Å². The van der Waals surface area contributed by atoms with Crippen molar-refractivity contribution in [1.29, 1.82) is 0 Å². The van der Waals surface area contributed by atoms with E-state index in [0.717, 1.165) is 16.7 Å². The summed E-state index contributed by atoms with van der Waals surface area (Å²) in [5.74, 6) is 0.404. The van der Waals surface area contributed by atoms with E-state index in [-0.39, 0.29) is 17.7 Å². The lowest BCUT2D eigenvalue weighted by Gasteiger charge is -2.12. The monoisotopic (exact) mass is 392 g/mol. The molecule has 3 aromatic heterocycles. The molecule has 0 atom stereocenters. The van der Waals surface area contributed by atoms with Crippen LogP contribution < -0.4 is 11.1 Å². The Balaban J connectivity index is 1.44. The van der Waals surface area contributed by atoms with Crippen LogP contribution in [0.5, 0.6) is 0 Å². The highest BCUT2D eigenvalue weighted by Crippen LogP contribution is 2.25. The predicted octanol–water partition coefficient (Wildman–Crippen LogP) is 3.65. The van der Waals surface area contributed by atoms with Gasteiger partial charge in [-0.15, -0.1) is 0 Å². The molecule has 0 aliphatic rings. The first-order chi connectivity index (χ1) is 13.8. The predicted molar refractivity (Wildman–Crippen MR) is 108 cm³/mol. The number of benzene rings is 1. The number of nitrogens with zero attached hydrogens (tertiary/aromatic N) is 2. The fourth-order valence-corrected chi connectivity index (χ4v) is 2.87. The summed E-state index contributed by atoms with van der Waals surface area (Å²) in [4.78, 5) is 30.2. The number of carbonyl (C=O) groups is 1. The molecule has 0 unspecified atom stereocenters. The number of fused-ring (bicyclic) bond motifs is 1. The summed E-state index contributed by atoms with van der Waals surface area (Å²) in [5.41, 5.74) is 3.21. The fraction of sp³-hybridized carbons (Fsp3) is 0.238. The average Bonchev–Trinajstić information content (AvgIpc) is 3.27. The van der Waals surface area contributed by atoms with Gasteiger partial charge in [0.25, 0.3) is 0 Å². The van der Waals surface area contributed by atoms with Crippen LogP contribution in [0.3, 0.4) is 0 Å². The molecule has 148 valence electrons. The second-order valence-corrected chi connectivity index (χ2v) is 7.83. The highest BCUT2D eigenvalue weighted by atomic mass is 16.5. The molecule has 29 heavy (non-hydrogen) atoms. The largest absolute Gasteiger partial charge is 0.418 e. The van der Waals surface area contributed by atoms with Gasteiger partial charge in [0.2, 0.25) is 5.91 Å². The van der Waals surface area contributed by atoms with E-state index >= 15 is 0 Å². The van der Waals surface area contributed by atoms with Crippen LogP contribution in [0.1, 0.15) is 32.1 Å². The lowest BCUT2D eigenvalue weighted by atomic mass is 9.93. The molecule has 1 aromatic carbocycles. The number of hydrogen-bond donors (Lipinski definition) is 2. The number of H-pyrrole nitrogens is 1. The zero-order valence-electron chi connectivity index (χ0n) is 16.3. The number of amides is 1. The normalized spacial score (nSPS) is 11.7. The lowest BCUT2D eigenvalue weighted by molar-refractivity contribution is -0.115. The highest BCUT2D eigenvalue weighted by Gasteiger charge is 2.20. The van der Waals surface area contributed by atoms with Crippen molar-refractivity contribution < 1.29 is 13.7 Å². The average molecular weight is 392 g/mol. The maximum absolute atomic E-state index is 12.3. The van der Waals surface area contributed by atoms with E-state index < -0.39 is 5.76 Å². The number of rotatable bonds is 4. The van der Waals surface area contributed by atoms with Gasteiger partial charge in [-0.3, -0.25) is 9.78 Å². The van der Waals surface area contributed by atoms with Gasteiger partial charge in [0.05, 0.1) is 6.42 Å². The number of aromatic amines is 1. The van der Waals surface area contributed by atoms with E-state index in [0.29, 0.717) is 22.8 Å². The van der Waals surface area contributed by atoms with Gasteiger partial charge in [0.1, 0.15) is 5.76 Å². The van der Waals surface area contributed by atoms with Crippen molar-refractivity contribution >= 4 is 23.0 Å². The standard InChI is InChI=1S/C21H20N4O4/c1-21(2,3)16-10-17(25-29-16)23-18(26)8-12-4-6-13(7-5-12)14-9-15-19(22-11-14)24-20(27)28-15/h4-7,9-11H,8H2,1-3H3,(H,22,24,27)(H,23,25,26). The maximum Gasteiger partial charge on any atom is 0.418 e. The molecule has 1 amide bonds. The summed E-state index contributed by atoms with van der Waals surface area (Å²) in [7, 11) is 0. The van der Waals surface area contributed by atoms with Crippen LogP contribution in [0.15, 0.2) is 56.3 Å². The first-order valence-electron chi connectivity index (χ1n) is 9.13. The van der Waals surface area contributed by atoms with Gasteiger partial charge in [0.15, 0.2) is 17.0 Å². The molecule has 2 N–H and O–H groups in total. The second kappa shape index (κ2) is 7.05. The lowest BCUT2D eigenvalue weighted by Crippen LogP contribution is -2.14. The summed E-state index contributed by atoms with van der Waals surface area (Å²) in [6, 6.07) is 11.0. The Bertz CT molecular complexity index is 1230. The van der Waals surface area contributed by atoms with Crippen molar-refractivity contribution in [2.75, 3.05) is 5.32 Å². The molecule has 4 aromatic rings. The fourth-order valence-electron chi connectivity index (χ4n) is 2.87. The van der Waals surface area contributed by atoms with Crippen LogP contribution in [0, 0.1) is 0 Å². The number of hydrogen-bond acceptors (Lipinski definition) is 6. The minimum atomic E-state index is -0.534. The Morgan fingerprint density at radius 3 is 2.59 bits per heavy atom. The van der Waals surface area contributed by atoms with Crippen LogP contribution in [0.25, 0.3) is 22.4 Å². The first-order valence-corrected chi connectivity index (χ1v) is 9.13. The van der Waals surface area contributed by atoms with E-state index in [1.807, 2.05) is 45.0 Å². The van der Waals surface area contributed by atoms with Crippen molar-refractivity contribution in [3.63, 3.8) is 0 Å². The molecule has 0 aliphatic heterocycles. The van der Waals surface area contributed by atoms with Crippen LogP contribution in [-0.4, -0.2) is 21.0 Å². The van der Waals surface area contributed by atoms with E-state index in [9.17, 15) is 9.59 Å². The maximum atomic E-state index is 12.3. The van der Waals surface area contributed by atoms with Crippen molar-refractivity contribution in [3.8, 4) is 11.1 Å². The molecular formula is C21H20N4O4. The molecule has 0 saturated heterocycles. The molecule has 0 spiro atoms. The number of oxazole rings is 1. The van der Waals surface area contributed by atoms with E-state index in [1.54, 1.807) is 18.3 Å². The SMILES string of the molecule is CC(C)(C)c1cc(NC(=O)Cc2ccc(-c3cnc4[nH]c(=O)oc4c3)cc2)no1. The molecular weight excluding hydrogens is 372 g/mol. The summed E-state index contributed by atoms with van der Waals surface area (Å²) < 4.78 is 10.3. The summed E-state index contributed by atoms with van der Waals surface area (Å²) >= 11 is 0. The van der Waals surface area contributed by atoms with Crippen molar-refractivity contribution in [1.82, 2.24) is 15.1 Å². The molecule has 3 heterocycles. The van der Waals surface area contributed by atoms with Crippen molar-refractivity contribution in [2.24, 2.45) is 0 Å². The molecule has 0 saturated carbocycles. The van der Waals surface area contributed by atoms with Gasteiger partial charge in [-0.25, -0.2) is 9.78 Å². The molecule has 0 bridgehead atoms. The number of carbonyl (C=O) groups excluding carboxylic acids is 1. The van der Waals surface area contributed by atoms with Crippen LogP contribution in [0.2, 0.25) is 0 Å². The van der Waals surface area contributed by atoms with Gasteiger partial charge >= 0.3 is 5.76 Å². The van der Waals surface area contributed by atoms with Crippen LogP contribution in [0.4, 0.5) is 5.82 Å². The minimum Gasteiger partial charge on any atom is -0.406 e. The topological polar surface area (TPSA) is 114 Å². The molecule has 0 fully saturated rings. The highest BCUT2D eigenvalue weighted by molar-refractivity contribution is 5.91.